The molecule has 1 amide bonds. The number of carbonyl (C=O) groups excluding carboxylic acids is 1. The molecule has 1 fully saturated rings. The Hall–Kier alpha value is -1.99. The van der Waals surface area contributed by atoms with E-state index in [0.29, 0.717) is 18.8 Å². The minimum Gasteiger partial charge on any atom is -0.373 e. The van der Waals surface area contributed by atoms with Crippen LogP contribution in [0, 0.1) is 10.1 Å². The first-order chi connectivity index (χ1) is 10.9. The topological polar surface area (TPSA) is 75.9 Å². The maximum atomic E-state index is 12.6. The van der Waals surface area contributed by atoms with E-state index in [2.05, 4.69) is 4.90 Å². The van der Waals surface area contributed by atoms with Gasteiger partial charge in [-0.1, -0.05) is 6.07 Å². The van der Waals surface area contributed by atoms with Gasteiger partial charge in [0.05, 0.1) is 29.4 Å². The molecule has 1 aromatic carbocycles. The number of amides is 1. The van der Waals surface area contributed by atoms with Crippen LogP contribution < -0.4 is 4.90 Å². The first kappa shape index (κ1) is 15.9. The third-order valence-corrected chi connectivity index (χ3v) is 4.33. The van der Waals surface area contributed by atoms with Crippen molar-refractivity contribution in [1.29, 1.82) is 0 Å². The SMILES string of the molecule is CC1CN(CC(=O)N2CCc3ccc([N+](=O)[O-])cc32)CC(C)O1. The highest BCUT2D eigenvalue weighted by molar-refractivity contribution is 5.97. The van der Waals surface area contributed by atoms with Crippen LogP contribution in [0.1, 0.15) is 19.4 Å². The van der Waals surface area contributed by atoms with E-state index in [1.54, 1.807) is 11.0 Å². The van der Waals surface area contributed by atoms with E-state index in [0.717, 1.165) is 25.1 Å². The van der Waals surface area contributed by atoms with Crippen molar-refractivity contribution in [2.75, 3.05) is 31.1 Å². The number of carbonyl (C=O) groups is 1. The lowest BCUT2D eigenvalue weighted by Crippen LogP contribution is -2.49. The third kappa shape index (κ3) is 3.35. The fourth-order valence-electron chi connectivity index (χ4n) is 3.43. The number of ether oxygens (including phenoxy) is 1. The molecule has 0 saturated carbocycles. The van der Waals surface area contributed by atoms with E-state index in [1.807, 2.05) is 13.8 Å². The normalized spacial score (nSPS) is 24.5. The standard InChI is InChI=1S/C16H21N3O4/c1-11-8-17(9-12(2)23-11)10-16(20)18-6-5-13-3-4-14(19(21)22)7-15(13)18/h3-4,7,11-12H,5-6,8-10H2,1-2H3. The van der Waals surface area contributed by atoms with Crippen molar-refractivity contribution in [3.8, 4) is 0 Å². The van der Waals surface area contributed by atoms with Gasteiger partial charge in [-0.05, 0) is 25.8 Å². The molecule has 7 heteroatoms. The summed E-state index contributed by atoms with van der Waals surface area (Å²) in [6, 6.07) is 4.75. The number of morpholine rings is 1. The molecule has 0 spiro atoms. The number of fused-ring (bicyclic) bond motifs is 1. The Kier molecular flexibility index (Phi) is 4.32. The zero-order chi connectivity index (χ0) is 16.6. The van der Waals surface area contributed by atoms with Crippen LogP contribution in [0.15, 0.2) is 18.2 Å². The van der Waals surface area contributed by atoms with Gasteiger partial charge in [-0.3, -0.25) is 19.8 Å². The lowest BCUT2D eigenvalue weighted by molar-refractivity contribution is -0.384. The van der Waals surface area contributed by atoms with Crippen molar-refractivity contribution in [2.45, 2.75) is 32.5 Å². The molecule has 7 nitrogen and oxygen atoms in total. The highest BCUT2D eigenvalue weighted by Gasteiger charge is 2.30. The van der Waals surface area contributed by atoms with E-state index >= 15 is 0 Å². The molecule has 1 saturated heterocycles. The third-order valence-electron chi connectivity index (χ3n) is 4.33. The number of nitro benzene ring substituents is 1. The first-order valence-electron chi connectivity index (χ1n) is 7.89. The summed E-state index contributed by atoms with van der Waals surface area (Å²) in [5, 5.41) is 10.9. The van der Waals surface area contributed by atoms with Gasteiger partial charge in [0, 0.05) is 31.8 Å². The predicted molar refractivity (Wildman–Crippen MR) is 85.6 cm³/mol. The second-order valence-electron chi connectivity index (χ2n) is 6.32. The maximum absolute atomic E-state index is 12.6. The molecule has 2 aliphatic heterocycles. The number of rotatable bonds is 3. The van der Waals surface area contributed by atoms with Crippen LogP contribution in [0.3, 0.4) is 0 Å². The number of benzene rings is 1. The molecular weight excluding hydrogens is 298 g/mol. The Labute approximate surface area is 135 Å². The van der Waals surface area contributed by atoms with Crippen molar-refractivity contribution in [3.63, 3.8) is 0 Å². The summed E-state index contributed by atoms with van der Waals surface area (Å²) in [6.45, 7) is 6.37. The molecule has 23 heavy (non-hydrogen) atoms. The number of nitro groups is 1. The van der Waals surface area contributed by atoms with Crippen LogP contribution in [-0.2, 0) is 16.0 Å². The van der Waals surface area contributed by atoms with Crippen LogP contribution in [0.5, 0.6) is 0 Å². The highest BCUT2D eigenvalue weighted by atomic mass is 16.6. The molecule has 0 N–H and O–H groups in total. The zero-order valence-corrected chi connectivity index (χ0v) is 13.4. The second kappa shape index (κ2) is 6.25. The fourth-order valence-corrected chi connectivity index (χ4v) is 3.43. The lowest BCUT2D eigenvalue weighted by atomic mass is 10.1. The van der Waals surface area contributed by atoms with Gasteiger partial charge in [0.1, 0.15) is 0 Å². The molecule has 0 radical (unpaired) electrons. The Morgan fingerprint density at radius 1 is 1.35 bits per heavy atom. The van der Waals surface area contributed by atoms with Crippen LogP contribution in [-0.4, -0.2) is 54.1 Å². The fraction of sp³-hybridized carbons (Fsp3) is 0.562. The number of nitrogens with zero attached hydrogens (tertiary/aromatic N) is 3. The van der Waals surface area contributed by atoms with Crippen LogP contribution >= 0.6 is 0 Å². The minimum absolute atomic E-state index is 0.00875. The van der Waals surface area contributed by atoms with Crippen LogP contribution in [0.4, 0.5) is 11.4 Å². The van der Waals surface area contributed by atoms with E-state index in [4.69, 9.17) is 4.74 Å². The molecule has 2 unspecified atom stereocenters. The van der Waals surface area contributed by atoms with Crippen molar-refractivity contribution in [2.24, 2.45) is 0 Å². The van der Waals surface area contributed by atoms with Gasteiger partial charge in [0.2, 0.25) is 5.91 Å². The summed E-state index contributed by atoms with van der Waals surface area (Å²) in [6.07, 6.45) is 0.964. The largest absolute Gasteiger partial charge is 0.373 e. The summed E-state index contributed by atoms with van der Waals surface area (Å²) < 4.78 is 5.68. The van der Waals surface area contributed by atoms with Gasteiger partial charge in [-0.15, -0.1) is 0 Å². The van der Waals surface area contributed by atoms with Gasteiger partial charge in [0.25, 0.3) is 5.69 Å². The molecular formula is C16H21N3O4. The van der Waals surface area contributed by atoms with Crippen molar-refractivity contribution in [3.05, 3.63) is 33.9 Å². The molecule has 124 valence electrons. The molecule has 2 atom stereocenters. The summed E-state index contributed by atoms with van der Waals surface area (Å²) in [4.78, 5) is 26.9. The summed E-state index contributed by atoms with van der Waals surface area (Å²) in [5.41, 5.74) is 1.70. The van der Waals surface area contributed by atoms with E-state index in [9.17, 15) is 14.9 Å². The average Bonchev–Trinajstić information content (AvgIpc) is 2.88. The van der Waals surface area contributed by atoms with Gasteiger partial charge in [-0.25, -0.2) is 0 Å². The highest BCUT2D eigenvalue weighted by Crippen LogP contribution is 2.31. The summed E-state index contributed by atoms with van der Waals surface area (Å²) in [7, 11) is 0. The van der Waals surface area contributed by atoms with Crippen molar-refractivity contribution in [1.82, 2.24) is 4.90 Å². The molecule has 2 heterocycles. The quantitative estimate of drug-likeness (QED) is 0.625. The number of hydrogen-bond donors (Lipinski definition) is 0. The molecule has 1 aromatic rings. The average molecular weight is 319 g/mol. The number of hydrogen-bond acceptors (Lipinski definition) is 5. The van der Waals surface area contributed by atoms with E-state index in [1.165, 1.54) is 12.1 Å². The van der Waals surface area contributed by atoms with Crippen LogP contribution in [0.2, 0.25) is 0 Å². The molecule has 0 aromatic heterocycles. The summed E-state index contributed by atoms with van der Waals surface area (Å²) in [5.74, 6) is -0.00875. The molecule has 2 aliphatic rings. The maximum Gasteiger partial charge on any atom is 0.271 e. The monoisotopic (exact) mass is 319 g/mol. The van der Waals surface area contributed by atoms with E-state index < -0.39 is 4.92 Å². The predicted octanol–water partition coefficient (Wildman–Crippen LogP) is 1.59. The van der Waals surface area contributed by atoms with Gasteiger partial charge in [0.15, 0.2) is 0 Å². The molecule has 0 bridgehead atoms. The van der Waals surface area contributed by atoms with Crippen molar-refractivity contribution >= 4 is 17.3 Å². The smallest absolute Gasteiger partial charge is 0.271 e. The van der Waals surface area contributed by atoms with Gasteiger partial charge >= 0.3 is 0 Å². The van der Waals surface area contributed by atoms with Crippen LogP contribution in [0.25, 0.3) is 0 Å². The Morgan fingerprint density at radius 3 is 2.70 bits per heavy atom. The molecule has 3 rings (SSSR count). The van der Waals surface area contributed by atoms with Gasteiger partial charge in [-0.2, -0.15) is 0 Å². The Bertz CT molecular complexity index is 624. The Balaban J connectivity index is 1.73. The molecule has 0 aliphatic carbocycles. The lowest BCUT2D eigenvalue weighted by Gasteiger charge is -2.35. The van der Waals surface area contributed by atoms with Crippen molar-refractivity contribution < 1.29 is 14.5 Å². The summed E-state index contributed by atoms with van der Waals surface area (Å²) >= 11 is 0. The number of anilines is 1. The number of non-ortho nitro benzene ring substituents is 1. The second-order valence-corrected chi connectivity index (χ2v) is 6.32. The first-order valence-corrected chi connectivity index (χ1v) is 7.89. The van der Waals surface area contributed by atoms with Gasteiger partial charge < -0.3 is 9.64 Å². The minimum atomic E-state index is -0.424. The Morgan fingerprint density at radius 2 is 2.04 bits per heavy atom. The zero-order valence-electron chi connectivity index (χ0n) is 13.4. The van der Waals surface area contributed by atoms with E-state index in [-0.39, 0.29) is 23.8 Å².